The van der Waals surface area contributed by atoms with Crippen molar-refractivity contribution in [3.8, 4) is 0 Å². The van der Waals surface area contributed by atoms with E-state index >= 15 is 0 Å². The third kappa shape index (κ3) is 2.65. The van der Waals surface area contributed by atoms with Crippen molar-refractivity contribution in [1.82, 2.24) is 4.98 Å². The van der Waals surface area contributed by atoms with E-state index in [0.717, 1.165) is 5.69 Å². The monoisotopic (exact) mass is 251 g/mol. The fraction of sp³-hybridized carbons (Fsp3) is 0.0833. The highest BCUT2D eigenvalue weighted by Gasteiger charge is 2.06. The van der Waals surface area contributed by atoms with Crippen molar-refractivity contribution in [2.45, 2.75) is 0 Å². The molecule has 0 aliphatic carbocycles. The first-order chi connectivity index (χ1) is 8.20. The molecule has 0 radical (unpaired) electrons. The summed E-state index contributed by atoms with van der Waals surface area (Å²) in [5, 5.41) is 5.97. The molecule has 2 rings (SSSR count). The lowest BCUT2D eigenvalue weighted by atomic mass is 10.3. The number of benzene rings is 1. The van der Waals surface area contributed by atoms with Gasteiger partial charge in [-0.15, -0.1) is 0 Å². The molecule has 2 N–H and O–H groups in total. The second-order valence-corrected chi connectivity index (χ2v) is 3.85. The van der Waals surface area contributed by atoms with Gasteiger partial charge in [0.2, 0.25) is 0 Å². The Bertz CT molecular complexity index is 531. The summed E-state index contributed by atoms with van der Waals surface area (Å²) in [6, 6.07) is 6.63. The molecule has 0 aliphatic heterocycles. The molecule has 5 heteroatoms. The Hall–Kier alpha value is -1.81. The molecule has 0 amide bonds. The number of anilines is 3. The van der Waals surface area contributed by atoms with E-state index in [9.17, 15) is 4.39 Å². The highest BCUT2D eigenvalue weighted by molar-refractivity contribution is 6.31. The third-order valence-electron chi connectivity index (χ3n) is 2.26. The molecule has 0 saturated carbocycles. The minimum absolute atomic E-state index is 0.0905. The van der Waals surface area contributed by atoms with E-state index in [0.29, 0.717) is 11.4 Å². The maximum absolute atomic E-state index is 13.6. The third-order valence-corrected chi connectivity index (χ3v) is 2.55. The molecule has 3 nitrogen and oxygen atoms in total. The summed E-state index contributed by atoms with van der Waals surface area (Å²) >= 11 is 5.70. The summed E-state index contributed by atoms with van der Waals surface area (Å²) < 4.78 is 13.6. The van der Waals surface area contributed by atoms with Crippen molar-refractivity contribution in [1.29, 1.82) is 0 Å². The summed E-state index contributed by atoms with van der Waals surface area (Å²) in [5.74, 6) is -0.468. The van der Waals surface area contributed by atoms with Gasteiger partial charge in [0.05, 0.1) is 34.5 Å². The van der Waals surface area contributed by atoms with Crippen molar-refractivity contribution in [3.05, 3.63) is 47.5 Å². The summed E-state index contributed by atoms with van der Waals surface area (Å²) in [6.45, 7) is 0. The minimum atomic E-state index is -0.468. The van der Waals surface area contributed by atoms with Crippen LogP contribution in [-0.4, -0.2) is 12.0 Å². The SMILES string of the molecule is CNc1cncc(Nc2cccc(Cl)c2F)c1. The van der Waals surface area contributed by atoms with Crippen LogP contribution in [0.2, 0.25) is 5.02 Å². The highest BCUT2D eigenvalue weighted by atomic mass is 35.5. The Balaban J connectivity index is 2.28. The lowest BCUT2D eigenvalue weighted by molar-refractivity contribution is 0.632. The summed E-state index contributed by atoms with van der Waals surface area (Å²) in [7, 11) is 1.79. The first-order valence-electron chi connectivity index (χ1n) is 5.04. The van der Waals surface area contributed by atoms with Crippen molar-refractivity contribution in [3.63, 3.8) is 0 Å². The molecule has 0 atom stereocenters. The van der Waals surface area contributed by atoms with Gasteiger partial charge in [-0.3, -0.25) is 4.98 Å². The molecular formula is C12H11ClFN3. The minimum Gasteiger partial charge on any atom is -0.387 e. The number of halogens is 2. The van der Waals surface area contributed by atoms with Crippen molar-refractivity contribution in [2.24, 2.45) is 0 Å². The molecule has 0 spiro atoms. The number of rotatable bonds is 3. The molecular weight excluding hydrogens is 241 g/mol. The fourth-order valence-corrected chi connectivity index (χ4v) is 1.58. The van der Waals surface area contributed by atoms with Gasteiger partial charge >= 0.3 is 0 Å². The fourth-order valence-electron chi connectivity index (χ4n) is 1.40. The van der Waals surface area contributed by atoms with E-state index in [1.165, 1.54) is 6.07 Å². The van der Waals surface area contributed by atoms with Crippen LogP contribution in [-0.2, 0) is 0 Å². The van der Waals surface area contributed by atoms with Gasteiger partial charge in [-0.2, -0.15) is 0 Å². The molecule has 0 unspecified atom stereocenters. The normalized spacial score (nSPS) is 10.1. The molecule has 1 aromatic carbocycles. The molecule has 0 saturated heterocycles. The zero-order valence-corrected chi connectivity index (χ0v) is 9.92. The number of aromatic nitrogens is 1. The van der Waals surface area contributed by atoms with Crippen LogP contribution in [0.25, 0.3) is 0 Å². The molecule has 1 heterocycles. The van der Waals surface area contributed by atoms with Crippen molar-refractivity contribution in [2.75, 3.05) is 17.7 Å². The van der Waals surface area contributed by atoms with Gasteiger partial charge in [0, 0.05) is 7.05 Å². The van der Waals surface area contributed by atoms with Gasteiger partial charge in [-0.05, 0) is 18.2 Å². The first-order valence-corrected chi connectivity index (χ1v) is 5.42. The summed E-state index contributed by atoms with van der Waals surface area (Å²) in [4.78, 5) is 4.02. The Labute approximate surface area is 104 Å². The van der Waals surface area contributed by atoms with E-state index in [1.807, 2.05) is 6.07 Å². The zero-order valence-electron chi connectivity index (χ0n) is 9.17. The maximum Gasteiger partial charge on any atom is 0.165 e. The van der Waals surface area contributed by atoms with Gasteiger partial charge in [-0.1, -0.05) is 17.7 Å². The van der Waals surface area contributed by atoms with Crippen molar-refractivity contribution < 1.29 is 4.39 Å². The van der Waals surface area contributed by atoms with Crippen LogP contribution in [0, 0.1) is 5.82 Å². The average Bonchev–Trinajstić information content (AvgIpc) is 2.35. The largest absolute Gasteiger partial charge is 0.387 e. The molecule has 88 valence electrons. The van der Waals surface area contributed by atoms with Crippen molar-refractivity contribution >= 4 is 28.7 Å². The second kappa shape index (κ2) is 5.01. The molecule has 1 aromatic heterocycles. The Morgan fingerprint density at radius 1 is 1.24 bits per heavy atom. The van der Waals surface area contributed by atoms with Crippen LogP contribution in [0.1, 0.15) is 0 Å². The second-order valence-electron chi connectivity index (χ2n) is 3.44. The molecule has 0 bridgehead atoms. The van der Waals surface area contributed by atoms with Crippen LogP contribution in [0.5, 0.6) is 0 Å². The van der Waals surface area contributed by atoms with E-state index in [1.54, 1.807) is 31.6 Å². The molecule has 17 heavy (non-hydrogen) atoms. The van der Waals surface area contributed by atoms with Crippen LogP contribution in [0.15, 0.2) is 36.7 Å². The number of hydrogen-bond acceptors (Lipinski definition) is 3. The van der Waals surface area contributed by atoms with E-state index in [4.69, 9.17) is 11.6 Å². The summed E-state index contributed by atoms with van der Waals surface area (Å²) in [6.07, 6.45) is 3.29. The lowest BCUT2D eigenvalue weighted by Crippen LogP contribution is -1.96. The van der Waals surface area contributed by atoms with Crippen LogP contribution < -0.4 is 10.6 Å². The first kappa shape index (κ1) is 11.7. The Morgan fingerprint density at radius 3 is 2.76 bits per heavy atom. The van der Waals surface area contributed by atoms with E-state index < -0.39 is 5.82 Å². The molecule has 2 aromatic rings. The average molecular weight is 252 g/mol. The number of nitrogens with zero attached hydrogens (tertiary/aromatic N) is 1. The number of nitrogens with one attached hydrogen (secondary N) is 2. The predicted octanol–water partition coefficient (Wildman–Crippen LogP) is 3.66. The standard InChI is InChI=1S/C12H11ClFN3/c1-15-8-5-9(7-16-6-8)17-11-4-2-3-10(13)12(11)14/h2-7,15,17H,1H3. The summed E-state index contributed by atoms with van der Waals surface area (Å²) in [5.41, 5.74) is 1.86. The quantitative estimate of drug-likeness (QED) is 0.874. The van der Waals surface area contributed by atoms with Gasteiger partial charge in [0.25, 0.3) is 0 Å². The number of hydrogen-bond donors (Lipinski definition) is 2. The zero-order chi connectivity index (χ0) is 12.3. The molecule has 0 aliphatic rings. The van der Waals surface area contributed by atoms with Gasteiger partial charge in [0.15, 0.2) is 5.82 Å². The molecule has 0 fully saturated rings. The maximum atomic E-state index is 13.6. The van der Waals surface area contributed by atoms with E-state index in [2.05, 4.69) is 15.6 Å². The van der Waals surface area contributed by atoms with Crippen LogP contribution in [0.3, 0.4) is 0 Å². The van der Waals surface area contributed by atoms with Gasteiger partial charge in [0.1, 0.15) is 0 Å². The van der Waals surface area contributed by atoms with E-state index in [-0.39, 0.29) is 5.02 Å². The van der Waals surface area contributed by atoms with Gasteiger partial charge in [-0.25, -0.2) is 4.39 Å². The van der Waals surface area contributed by atoms with Crippen LogP contribution in [0.4, 0.5) is 21.5 Å². The Kier molecular flexibility index (Phi) is 3.44. The topological polar surface area (TPSA) is 37.0 Å². The lowest BCUT2D eigenvalue weighted by Gasteiger charge is -2.09. The van der Waals surface area contributed by atoms with Gasteiger partial charge < -0.3 is 10.6 Å². The highest BCUT2D eigenvalue weighted by Crippen LogP contribution is 2.25. The predicted molar refractivity (Wildman–Crippen MR) is 68.5 cm³/mol. The van der Waals surface area contributed by atoms with Crippen LogP contribution >= 0.6 is 11.6 Å². The number of pyridine rings is 1. The Morgan fingerprint density at radius 2 is 2.00 bits per heavy atom. The smallest absolute Gasteiger partial charge is 0.165 e.